The Balaban J connectivity index is 2.09. The molecule has 0 unspecified atom stereocenters. The second-order valence-corrected chi connectivity index (χ2v) is 6.18. The van der Waals surface area contributed by atoms with E-state index in [0.29, 0.717) is 0 Å². The Morgan fingerprint density at radius 2 is 1.17 bits per heavy atom. The molecule has 18 heavy (non-hydrogen) atoms. The summed E-state index contributed by atoms with van der Waals surface area (Å²) in [5.74, 6) is 0. The van der Waals surface area contributed by atoms with Gasteiger partial charge in [0.2, 0.25) is 0 Å². The number of hydrogen-bond acceptors (Lipinski definition) is 4. The summed E-state index contributed by atoms with van der Waals surface area (Å²) in [7, 11) is 0. The molecule has 2 aliphatic heterocycles. The maximum absolute atomic E-state index is 4.57. The standard InChI is InChI=1S/C14H24N4/c1-13(2,11-7-5-9-15-11)17-18-14(3,4)12-8-6-10-16-12/h5-10H2,1-4H3. The lowest BCUT2D eigenvalue weighted by atomic mass is 9.96. The first-order chi connectivity index (χ1) is 8.42. The molecule has 0 radical (unpaired) electrons. The van der Waals surface area contributed by atoms with E-state index in [4.69, 9.17) is 0 Å². The third-order valence-electron chi connectivity index (χ3n) is 3.71. The van der Waals surface area contributed by atoms with Crippen molar-refractivity contribution in [3.8, 4) is 0 Å². The van der Waals surface area contributed by atoms with E-state index < -0.39 is 0 Å². The largest absolute Gasteiger partial charge is 0.291 e. The summed E-state index contributed by atoms with van der Waals surface area (Å²) in [6.45, 7) is 10.3. The molecule has 0 atom stereocenters. The minimum absolute atomic E-state index is 0.257. The van der Waals surface area contributed by atoms with Crippen LogP contribution in [0.1, 0.15) is 53.4 Å². The lowest BCUT2D eigenvalue weighted by Gasteiger charge is -2.23. The first kappa shape index (κ1) is 13.4. The average Bonchev–Trinajstić information content (AvgIpc) is 2.99. The van der Waals surface area contributed by atoms with Gasteiger partial charge in [-0.15, -0.1) is 0 Å². The molecule has 100 valence electrons. The van der Waals surface area contributed by atoms with Gasteiger partial charge in [-0.25, -0.2) is 0 Å². The Labute approximate surface area is 110 Å². The van der Waals surface area contributed by atoms with E-state index in [1.165, 1.54) is 11.4 Å². The van der Waals surface area contributed by atoms with E-state index in [1.54, 1.807) is 0 Å². The SMILES string of the molecule is CC(C)(N=NC(C)(C)C1=NCCC1)C1=NCCC1. The second-order valence-electron chi connectivity index (χ2n) is 6.18. The highest BCUT2D eigenvalue weighted by molar-refractivity contribution is 5.95. The van der Waals surface area contributed by atoms with E-state index in [2.05, 4.69) is 47.9 Å². The first-order valence-corrected chi connectivity index (χ1v) is 6.93. The Hall–Kier alpha value is -1.06. The second kappa shape index (κ2) is 4.90. The van der Waals surface area contributed by atoms with Crippen molar-refractivity contribution in [2.75, 3.05) is 13.1 Å². The molecule has 4 heteroatoms. The molecule has 0 saturated heterocycles. The van der Waals surface area contributed by atoms with Gasteiger partial charge in [0.1, 0.15) is 11.1 Å². The van der Waals surface area contributed by atoms with Crippen LogP contribution in [0.4, 0.5) is 0 Å². The molecule has 4 nitrogen and oxygen atoms in total. The molecule has 0 saturated carbocycles. The fourth-order valence-corrected chi connectivity index (χ4v) is 2.44. The van der Waals surface area contributed by atoms with Crippen LogP contribution >= 0.6 is 0 Å². The van der Waals surface area contributed by atoms with Crippen molar-refractivity contribution >= 4 is 11.4 Å². The normalized spacial score (nSPS) is 21.6. The van der Waals surface area contributed by atoms with Crippen LogP contribution in [0.2, 0.25) is 0 Å². The molecule has 0 aromatic rings. The molecule has 0 aromatic carbocycles. The summed E-state index contributed by atoms with van der Waals surface area (Å²) in [5, 5.41) is 9.14. The number of hydrogen-bond donors (Lipinski definition) is 0. The average molecular weight is 248 g/mol. The van der Waals surface area contributed by atoms with Crippen molar-refractivity contribution in [2.24, 2.45) is 20.2 Å². The lowest BCUT2D eigenvalue weighted by molar-refractivity contribution is 0.558. The highest BCUT2D eigenvalue weighted by Gasteiger charge is 2.30. The van der Waals surface area contributed by atoms with Gasteiger partial charge in [-0.3, -0.25) is 9.98 Å². The molecule has 0 aromatic heterocycles. The van der Waals surface area contributed by atoms with Crippen molar-refractivity contribution < 1.29 is 0 Å². The topological polar surface area (TPSA) is 49.4 Å². The molecule has 0 spiro atoms. The molecule has 2 aliphatic rings. The number of nitrogens with zero attached hydrogens (tertiary/aromatic N) is 4. The molecule has 0 aliphatic carbocycles. The highest BCUT2D eigenvalue weighted by atomic mass is 15.2. The van der Waals surface area contributed by atoms with Gasteiger partial charge in [0.15, 0.2) is 0 Å². The first-order valence-electron chi connectivity index (χ1n) is 6.93. The van der Waals surface area contributed by atoms with E-state index >= 15 is 0 Å². The maximum Gasteiger partial charge on any atom is 0.113 e. The third-order valence-corrected chi connectivity index (χ3v) is 3.71. The minimum Gasteiger partial charge on any atom is -0.291 e. The van der Waals surface area contributed by atoms with Gasteiger partial charge >= 0.3 is 0 Å². The van der Waals surface area contributed by atoms with Gasteiger partial charge < -0.3 is 0 Å². The van der Waals surface area contributed by atoms with Gasteiger partial charge in [-0.2, -0.15) is 10.2 Å². The van der Waals surface area contributed by atoms with E-state index in [1.807, 2.05) is 0 Å². The Morgan fingerprint density at radius 3 is 1.44 bits per heavy atom. The van der Waals surface area contributed by atoms with E-state index in [-0.39, 0.29) is 11.1 Å². The van der Waals surface area contributed by atoms with Crippen LogP contribution in [0, 0.1) is 0 Å². The monoisotopic (exact) mass is 248 g/mol. The highest BCUT2D eigenvalue weighted by Crippen LogP contribution is 2.25. The predicted molar refractivity (Wildman–Crippen MR) is 76.1 cm³/mol. The van der Waals surface area contributed by atoms with Gasteiger partial charge in [0.05, 0.1) is 0 Å². The molecule has 0 fully saturated rings. The molecule has 0 bridgehead atoms. The molecular formula is C14H24N4. The zero-order valence-corrected chi connectivity index (χ0v) is 12.0. The van der Waals surface area contributed by atoms with Crippen LogP contribution in [-0.4, -0.2) is 35.6 Å². The van der Waals surface area contributed by atoms with Crippen LogP contribution in [0.15, 0.2) is 20.2 Å². The minimum atomic E-state index is -0.257. The van der Waals surface area contributed by atoms with Gasteiger partial charge in [-0.1, -0.05) is 0 Å². The summed E-state index contributed by atoms with van der Waals surface area (Å²) in [4.78, 5) is 9.08. The summed E-state index contributed by atoms with van der Waals surface area (Å²) >= 11 is 0. The van der Waals surface area contributed by atoms with Crippen molar-refractivity contribution in [1.82, 2.24) is 0 Å². The number of aliphatic imine (C=N–C) groups is 2. The fourth-order valence-electron chi connectivity index (χ4n) is 2.44. The van der Waals surface area contributed by atoms with Crippen molar-refractivity contribution in [2.45, 2.75) is 64.5 Å². The van der Waals surface area contributed by atoms with Gasteiger partial charge in [0.25, 0.3) is 0 Å². The Bertz CT molecular complexity index is 364. The van der Waals surface area contributed by atoms with Crippen molar-refractivity contribution in [1.29, 1.82) is 0 Å². The zero-order valence-electron chi connectivity index (χ0n) is 12.0. The number of rotatable bonds is 4. The third kappa shape index (κ3) is 2.85. The van der Waals surface area contributed by atoms with Crippen LogP contribution in [0.25, 0.3) is 0 Å². The van der Waals surface area contributed by atoms with Crippen molar-refractivity contribution in [3.63, 3.8) is 0 Å². The summed E-state index contributed by atoms with van der Waals surface area (Å²) < 4.78 is 0. The predicted octanol–water partition coefficient (Wildman–Crippen LogP) is 3.47. The molecule has 2 rings (SSSR count). The van der Waals surface area contributed by atoms with Crippen LogP contribution in [0.5, 0.6) is 0 Å². The van der Waals surface area contributed by atoms with Crippen LogP contribution < -0.4 is 0 Å². The van der Waals surface area contributed by atoms with E-state index in [9.17, 15) is 0 Å². The molecule has 0 N–H and O–H groups in total. The summed E-state index contributed by atoms with van der Waals surface area (Å²) in [5.41, 5.74) is 1.87. The number of azo groups is 1. The summed E-state index contributed by atoms with van der Waals surface area (Å²) in [6.07, 6.45) is 4.44. The zero-order chi connectivity index (χ0) is 13.2. The Kier molecular flexibility index (Phi) is 3.64. The van der Waals surface area contributed by atoms with Gasteiger partial charge in [0, 0.05) is 24.5 Å². The molecule has 0 amide bonds. The van der Waals surface area contributed by atoms with Crippen molar-refractivity contribution in [3.05, 3.63) is 0 Å². The van der Waals surface area contributed by atoms with E-state index in [0.717, 1.165) is 38.8 Å². The molecule has 2 heterocycles. The fraction of sp³-hybridized carbons (Fsp3) is 0.857. The lowest BCUT2D eigenvalue weighted by Crippen LogP contribution is -2.32. The van der Waals surface area contributed by atoms with Crippen LogP contribution in [0.3, 0.4) is 0 Å². The smallest absolute Gasteiger partial charge is 0.113 e. The van der Waals surface area contributed by atoms with Crippen LogP contribution in [-0.2, 0) is 0 Å². The van der Waals surface area contributed by atoms with Gasteiger partial charge in [-0.05, 0) is 53.4 Å². The quantitative estimate of drug-likeness (QED) is 0.684. The Morgan fingerprint density at radius 1 is 0.778 bits per heavy atom. The molecular weight excluding hydrogens is 224 g/mol. The maximum atomic E-state index is 4.57. The summed E-state index contributed by atoms with van der Waals surface area (Å²) in [6, 6.07) is 0.